The number of nitrogens with one attached hydrogen (secondary N) is 1. The number of aliphatic hydroxyl groups is 1. The van der Waals surface area contributed by atoms with Crippen molar-refractivity contribution in [1.29, 1.82) is 0 Å². The summed E-state index contributed by atoms with van der Waals surface area (Å²) >= 11 is 0. The van der Waals surface area contributed by atoms with Crippen LogP contribution >= 0.6 is 0 Å². The van der Waals surface area contributed by atoms with Gasteiger partial charge in [-0.05, 0) is 19.1 Å². The molecule has 1 aromatic carbocycles. The fourth-order valence-corrected chi connectivity index (χ4v) is 1.99. The Bertz CT molecular complexity index is 444. The van der Waals surface area contributed by atoms with Crippen molar-refractivity contribution in [2.45, 2.75) is 31.6 Å². The zero-order valence-corrected chi connectivity index (χ0v) is 10.00. The molecule has 1 fully saturated rings. The van der Waals surface area contributed by atoms with Gasteiger partial charge in [0.25, 0.3) is 5.91 Å². The van der Waals surface area contributed by atoms with Gasteiger partial charge in [0.2, 0.25) is 0 Å². The smallest absolute Gasteiger partial charge is 0.308 e. The molecular formula is C13H15NO4. The van der Waals surface area contributed by atoms with Crippen LogP contribution in [0.15, 0.2) is 30.3 Å². The van der Waals surface area contributed by atoms with Gasteiger partial charge in [-0.3, -0.25) is 9.59 Å². The second-order valence-corrected chi connectivity index (χ2v) is 4.35. The van der Waals surface area contributed by atoms with Crippen molar-refractivity contribution in [1.82, 2.24) is 5.32 Å². The number of benzene rings is 1. The summed E-state index contributed by atoms with van der Waals surface area (Å²) < 4.78 is 4.97. The molecule has 2 N–H and O–H groups in total. The van der Waals surface area contributed by atoms with E-state index in [1.165, 1.54) is 6.92 Å². The van der Waals surface area contributed by atoms with Crippen molar-refractivity contribution < 1.29 is 19.4 Å². The van der Waals surface area contributed by atoms with Crippen LogP contribution in [0.1, 0.15) is 23.7 Å². The zero-order valence-electron chi connectivity index (χ0n) is 10.00. The molecule has 1 heterocycles. The first kappa shape index (κ1) is 12.6. The second kappa shape index (κ2) is 5.18. The normalized spacial score (nSPS) is 24.4. The van der Waals surface area contributed by atoms with E-state index in [0.29, 0.717) is 5.56 Å². The zero-order chi connectivity index (χ0) is 13.1. The Morgan fingerprint density at radius 2 is 2.11 bits per heavy atom. The molecule has 0 aromatic heterocycles. The van der Waals surface area contributed by atoms with Crippen LogP contribution in [0, 0.1) is 0 Å². The van der Waals surface area contributed by atoms with E-state index in [1.54, 1.807) is 24.3 Å². The van der Waals surface area contributed by atoms with Gasteiger partial charge in [0.1, 0.15) is 6.10 Å². The number of hydrogen-bond donors (Lipinski definition) is 2. The molecule has 5 heteroatoms. The van der Waals surface area contributed by atoms with E-state index in [0.717, 1.165) is 0 Å². The van der Waals surface area contributed by atoms with E-state index in [9.17, 15) is 14.7 Å². The molecule has 5 nitrogen and oxygen atoms in total. The van der Waals surface area contributed by atoms with Crippen LogP contribution in [-0.2, 0) is 9.53 Å². The highest BCUT2D eigenvalue weighted by atomic mass is 16.6. The van der Waals surface area contributed by atoms with Crippen molar-refractivity contribution in [3.8, 4) is 0 Å². The number of aliphatic hydroxyl groups excluding tert-OH is 1. The number of ether oxygens (including phenoxy) is 1. The maximum absolute atomic E-state index is 11.9. The Labute approximate surface area is 105 Å². The second-order valence-electron chi connectivity index (χ2n) is 4.35. The topological polar surface area (TPSA) is 75.6 Å². The van der Waals surface area contributed by atoms with E-state index < -0.39 is 24.2 Å². The molecule has 18 heavy (non-hydrogen) atoms. The maximum atomic E-state index is 11.9. The van der Waals surface area contributed by atoms with Crippen molar-refractivity contribution in [3.05, 3.63) is 35.9 Å². The lowest BCUT2D eigenvalue weighted by molar-refractivity contribution is -0.145. The molecule has 2 rings (SSSR count). The minimum atomic E-state index is -0.808. The van der Waals surface area contributed by atoms with Crippen molar-refractivity contribution in [2.24, 2.45) is 0 Å². The predicted octanol–water partition coefficient (Wildman–Crippen LogP) is 0.481. The van der Waals surface area contributed by atoms with Crippen LogP contribution in [0.25, 0.3) is 0 Å². The molecule has 0 bridgehead atoms. The van der Waals surface area contributed by atoms with Gasteiger partial charge in [0.15, 0.2) is 0 Å². The molecule has 1 saturated heterocycles. The lowest BCUT2D eigenvalue weighted by Gasteiger charge is -2.20. The maximum Gasteiger partial charge on any atom is 0.308 e. The number of amides is 1. The predicted molar refractivity (Wildman–Crippen MR) is 63.9 cm³/mol. The van der Waals surface area contributed by atoms with Gasteiger partial charge in [-0.2, -0.15) is 0 Å². The molecule has 1 aromatic rings. The summed E-state index contributed by atoms with van der Waals surface area (Å²) in [5.41, 5.74) is 0.515. The summed E-state index contributed by atoms with van der Waals surface area (Å²) in [5, 5.41) is 12.2. The van der Waals surface area contributed by atoms with Gasteiger partial charge in [-0.15, -0.1) is 0 Å². The van der Waals surface area contributed by atoms with Crippen LogP contribution in [-0.4, -0.2) is 35.2 Å². The molecule has 96 valence electrons. The van der Waals surface area contributed by atoms with Gasteiger partial charge in [-0.25, -0.2) is 0 Å². The van der Waals surface area contributed by atoms with Crippen LogP contribution in [0.5, 0.6) is 0 Å². The molecule has 1 amide bonds. The van der Waals surface area contributed by atoms with Crippen LogP contribution < -0.4 is 5.32 Å². The number of cyclic esters (lactones) is 1. The molecule has 0 aliphatic carbocycles. The average Bonchev–Trinajstić information content (AvgIpc) is 2.71. The molecule has 0 unspecified atom stereocenters. The van der Waals surface area contributed by atoms with Gasteiger partial charge < -0.3 is 15.2 Å². The lowest BCUT2D eigenvalue weighted by Crippen LogP contribution is -2.44. The quantitative estimate of drug-likeness (QED) is 0.764. The third-order valence-electron chi connectivity index (χ3n) is 2.88. The third-order valence-corrected chi connectivity index (χ3v) is 2.88. The first-order chi connectivity index (χ1) is 8.58. The van der Waals surface area contributed by atoms with Gasteiger partial charge in [0, 0.05) is 5.56 Å². The largest absolute Gasteiger partial charge is 0.457 e. The standard InChI is InChI=1S/C13H15NO4/c1-8(15)12-10(7-11(16)18-12)14-13(17)9-5-3-2-4-6-9/h2-6,8,10,12,15H,7H2,1H3,(H,14,17)/t8-,10-,12-/m0/s1. The summed E-state index contributed by atoms with van der Waals surface area (Å²) in [6, 6.07) is 8.23. The number of carbonyl (C=O) groups excluding carboxylic acids is 2. The summed E-state index contributed by atoms with van der Waals surface area (Å²) in [4.78, 5) is 23.1. The van der Waals surface area contributed by atoms with Crippen LogP contribution in [0.4, 0.5) is 0 Å². The highest BCUT2D eigenvalue weighted by Crippen LogP contribution is 2.18. The minimum Gasteiger partial charge on any atom is -0.457 e. The van der Waals surface area contributed by atoms with Gasteiger partial charge in [0.05, 0.1) is 18.6 Å². The number of rotatable bonds is 3. The van der Waals surface area contributed by atoms with Crippen LogP contribution in [0.2, 0.25) is 0 Å². The van der Waals surface area contributed by atoms with E-state index in [2.05, 4.69) is 5.32 Å². The lowest BCUT2D eigenvalue weighted by atomic mass is 10.1. The number of esters is 1. The Hall–Kier alpha value is -1.88. The SMILES string of the molecule is C[C@H](O)[C@@H]1OC(=O)C[C@@H]1NC(=O)c1ccccc1. The average molecular weight is 249 g/mol. The highest BCUT2D eigenvalue weighted by Gasteiger charge is 2.38. The van der Waals surface area contributed by atoms with Gasteiger partial charge >= 0.3 is 5.97 Å². The van der Waals surface area contributed by atoms with Crippen molar-refractivity contribution in [2.75, 3.05) is 0 Å². The number of hydrogen-bond acceptors (Lipinski definition) is 4. The van der Waals surface area contributed by atoms with E-state index in [4.69, 9.17) is 4.74 Å². The summed E-state index contributed by atoms with van der Waals surface area (Å²) in [6.45, 7) is 1.53. The summed E-state index contributed by atoms with van der Waals surface area (Å²) in [7, 11) is 0. The molecule has 1 aliphatic heterocycles. The fraction of sp³-hybridized carbons (Fsp3) is 0.385. The summed E-state index contributed by atoms with van der Waals surface area (Å²) in [5.74, 6) is -0.677. The molecule has 0 saturated carbocycles. The first-order valence-corrected chi connectivity index (χ1v) is 5.81. The molecular weight excluding hydrogens is 234 g/mol. The summed E-state index contributed by atoms with van der Waals surface area (Å²) in [6.07, 6.45) is -1.39. The Kier molecular flexibility index (Phi) is 3.62. The highest BCUT2D eigenvalue weighted by molar-refractivity contribution is 5.94. The molecule has 0 radical (unpaired) electrons. The van der Waals surface area contributed by atoms with E-state index in [-0.39, 0.29) is 12.3 Å². The Morgan fingerprint density at radius 1 is 1.44 bits per heavy atom. The first-order valence-electron chi connectivity index (χ1n) is 5.81. The van der Waals surface area contributed by atoms with Crippen LogP contribution in [0.3, 0.4) is 0 Å². The molecule has 1 aliphatic rings. The van der Waals surface area contributed by atoms with E-state index in [1.807, 2.05) is 6.07 Å². The third kappa shape index (κ3) is 2.68. The Balaban J connectivity index is 2.05. The number of carbonyl (C=O) groups is 2. The van der Waals surface area contributed by atoms with Crippen molar-refractivity contribution in [3.63, 3.8) is 0 Å². The molecule has 0 spiro atoms. The van der Waals surface area contributed by atoms with Crippen molar-refractivity contribution >= 4 is 11.9 Å². The monoisotopic (exact) mass is 249 g/mol. The Morgan fingerprint density at radius 3 is 2.72 bits per heavy atom. The van der Waals surface area contributed by atoms with E-state index >= 15 is 0 Å². The van der Waals surface area contributed by atoms with Gasteiger partial charge in [-0.1, -0.05) is 18.2 Å². The fourth-order valence-electron chi connectivity index (χ4n) is 1.99. The molecule has 3 atom stereocenters. The minimum absolute atomic E-state index is 0.0914.